The summed E-state index contributed by atoms with van der Waals surface area (Å²) in [5.74, 6) is 0.0706. The van der Waals surface area contributed by atoms with Crippen LogP contribution in [0.15, 0.2) is 30.3 Å². The molecular formula is C15H23N3O. The van der Waals surface area contributed by atoms with Crippen molar-refractivity contribution in [2.45, 2.75) is 38.4 Å². The van der Waals surface area contributed by atoms with Crippen LogP contribution in [0.2, 0.25) is 0 Å². The van der Waals surface area contributed by atoms with Crippen molar-refractivity contribution in [1.29, 1.82) is 0 Å². The minimum atomic E-state index is 0.0706. The van der Waals surface area contributed by atoms with Crippen molar-refractivity contribution in [3.8, 4) is 0 Å². The average molecular weight is 261 g/mol. The van der Waals surface area contributed by atoms with Crippen LogP contribution in [0.25, 0.3) is 0 Å². The maximum Gasteiger partial charge on any atom is 0.221 e. The predicted molar refractivity (Wildman–Crippen MR) is 76.5 cm³/mol. The summed E-state index contributed by atoms with van der Waals surface area (Å²) in [4.78, 5) is 14.0. The van der Waals surface area contributed by atoms with Crippen LogP contribution >= 0.6 is 0 Å². The van der Waals surface area contributed by atoms with Crippen molar-refractivity contribution < 1.29 is 4.79 Å². The number of likely N-dealkylation sites (tertiary alicyclic amines) is 1. The number of hydrogen-bond acceptors (Lipinski definition) is 3. The Labute approximate surface area is 115 Å². The van der Waals surface area contributed by atoms with E-state index in [1.807, 2.05) is 6.07 Å². The predicted octanol–water partition coefficient (Wildman–Crippen LogP) is 1.11. The summed E-state index contributed by atoms with van der Waals surface area (Å²) in [5.41, 5.74) is 6.71. The van der Waals surface area contributed by atoms with Gasteiger partial charge in [0, 0.05) is 38.1 Å². The van der Waals surface area contributed by atoms with Gasteiger partial charge < -0.3 is 11.1 Å². The Morgan fingerprint density at radius 3 is 2.84 bits per heavy atom. The lowest BCUT2D eigenvalue weighted by molar-refractivity contribution is -0.121. The molecule has 1 aliphatic heterocycles. The Balaban J connectivity index is 1.85. The molecule has 104 valence electrons. The van der Waals surface area contributed by atoms with Gasteiger partial charge in [-0.1, -0.05) is 30.3 Å². The maximum absolute atomic E-state index is 11.6. The number of carbonyl (C=O) groups is 1. The van der Waals surface area contributed by atoms with Crippen LogP contribution < -0.4 is 11.1 Å². The molecule has 4 heteroatoms. The van der Waals surface area contributed by atoms with E-state index in [1.54, 1.807) is 0 Å². The van der Waals surface area contributed by atoms with Crippen LogP contribution in [0.4, 0.5) is 0 Å². The molecule has 0 aliphatic carbocycles. The molecule has 0 saturated carbocycles. The first-order valence-electron chi connectivity index (χ1n) is 6.96. The van der Waals surface area contributed by atoms with Gasteiger partial charge >= 0.3 is 0 Å². The number of carbonyl (C=O) groups excluding carboxylic acids is 1. The zero-order valence-corrected chi connectivity index (χ0v) is 11.5. The molecule has 1 saturated heterocycles. The normalized spacial score (nSPS) is 23.5. The zero-order chi connectivity index (χ0) is 13.7. The SMILES string of the molecule is C[C@H]1C[C@@H](NC(=O)CCN)CN1Cc1ccccc1. The summed E-state index contributed by atoms with van der Waals surface area (Å²) >= 11 is 0. The summed E-state index contributed by atoms with van der Waals surface area (Å²) in [7, 11) is 0. The first kappa shape index (κ1) is 14.0. The fourth-order valence-electron chi connectivity index (χ4n) is 2.67. The van der Waals surface area contributed by atoms with Gasteiger partial charge in [-0.25, -0.2) is 0 Å². The van der Waals surface area contributed by atoms with Gasteiger partial charge in [0.1, 0.15) is 0 Å². The molecule has 1 aliphatic rings. The molecule has 0 unspecified atom stereocenters. The van der Waals surface area contributed by atoms with E-state index in [-0.39, 0.29) is 11.9 Å². The largest absolute Gasteiger partial charge is 0.352 e. The number of nitrogens with zero attached hydrogens (tertiary/aromatic N) is 1. The van der Waals surface area contributed by atoms with Crippen molar-refractivity contribution in [1.82, 2.24) is 10.2 Å². The molecule has 0 radical (unpaired) electrons. The second-order valence-corrected chi connectivity index (χ2v) is 5.30. The summed E-state index contributed by atoms with van der Waals surface area (Å²) in [6, 6.07) is 11.2. The zero-order valence-electron chi connectivity index (χ0n) is 11.5. The van der Waals surface area contributed by atoms with Crippen LogP contribution in [0.1, 0.15) is 25.3 Å². The molecule has 2 atom stereocenters. The minimum Gasteiger partial charge on any atom is -0.352 e. The smallest absolute Gasteiger partial charge is 0.221 e. The quantitative estimate of drug-likeness (QED) is 0.835. The van der Waals surface area contributed by atoms with E-state index in [4.69, 9.17) is 5.73 Å². The Morgan fingerprint density at radius 1 is 1.42 bits per heavy atom. The number of nitrogens with two attached hydrogens (primary N) is 1. The van der Waals surface area contributed by atoms with Crippen molar-refractivity contribution in [3.05, 3.63) is 35.9 Å². The van der Waals surface area contributed by atoms with Gasteiger partial charge in [-0.3, -0.25) is 9.69 Å². The first-order valence-corrected chi connectivity index (χ1v) is 6.96. The topological polar surface area (TPSA) is 58.4 Å². The molecule has 3 N–H and O–H groups in total. The monoisotopic (exact) mass is 261 g/mol. The van der Waals surface area contributed by atoms with Crippen molar-refractivity contribution in [2.24, 2.45) is 5.73 Å². The molecule has 1 aromatic rings. The molecule has 1 heterocycles. The highest BCUT2D eigenvalue weighted by atomic mass is 16.1. The Morgan fingerprint density at radius 2 is 2.16 bits per heavy atom. The van der Waals surface area contributed by atoms with Crippen LogP contribution in [0, 0.1) is 0 Å². The lowest BCUT2D eigenvalue weighted by atomic mass is 10.2. The van der Waals surface area contributed by atoms with Gasteiger partial charge in [0.2, 0.25) is 5.91 Å². The van der Waals surface area contributed by atoms with E-state index in [2.05, 4.69) is 41.4 Å². The number of amides is 1. The number of benzene rings is 1. The molecule has 4 nitrogen and oxygen atoms in total. The van der Waals surface area contributed by atoms with Gasteiger partial charge in [-0.05, 0) is 18.9 Å². The van der Waals surface area contributed by atoms with Gasteiger partial charge in [-0.15, -0.1) is 0 Å². The number of nitrogens with one attached hydrogen (secondary N) is 1. The molecule has 1 amide bonds. The standard InChI is InChI=1S/C15H23N3O/c1-12-9-14(17-15(19)7-8-16)11-18(12)10-13-5-3-2-4-6-13/h2-6,12,14H,7-11,16H2,1H3,(H,17,19)/t12-,14+/m0/s1. The van der Waals surface area contributed by atoms with Gasteiger partial charge in [0.25, 0.3) is 0 Å². The van der Waals surface area contributed by atoms with Crippen molar-refractivity contribution in [2.75, 3.05) is 13.1 Å². The summed E-state index contributed by atoms with van der Waals surface area (Å²) in [6.45, 7) is 4.51. The molecule has 1 aromatic carbocycles. The Kier molecular flexibility index (Phi) is 4.93. The van der Waals surface area contributed by atoms with E-state index in [1.165, 1.54) is 5.56 Å². The van der Waals surface area contributed by atoms with E-state index in [0.717, 1.165) is 19.5 Å². The summed E-state index contributed by atoms with van der Waals surface area (Å²) in [6.07, 6.45) is 1.44. The highest BCUT2D eigenvalue weighted by molar-refractivity contribution is 5.76. The van der Waals surface area contributed by atoms with Crippen molar-refractivity contribution in [3.63, 3.8) is 0 Å². The minimum absolute atomic E-state index is 0.0706. The fourth-order valence-corrected chi connectivity index (χ4v) is 2.67. The Bertz CT molecular complexity index is 407. The van der Waals surface area contributed by atoms with Gasteiger partial charge in [-0.2, -0.15) is 0 Å². The molecular weight excluding hydrogens is 238 g/mol. The highest BCUT2D eigenvalue weighted by Gasteiger charge is 2.29. The van der Waals surface area contributed by atoms with E-state index in [9.17, 15) is 4.79 Å². The van der Waals surface area contributed by atoms with Gasteiger partial charge in [0.15, 0.2) is 0 Å². The van der Waals surface area contributed by atoms with Crippen LogP contribution in [0.3, 0.4) is 0 Å². The first-order chi connectivity index (χ1) is 9.19. The molecule has 0 aromatic heterocycles. The second kappa shape index (κ2) is 6.68. The van der Waals surface area contributed by atoms with Crippen molar-refractivity contribution >= 4 is 5.91 Å². The lowest BCUT2D eigenvalue weighted by Crippen LogP contribution is -2.37. The molecule has 0 bridgehead atoms. The lowest BCUT2D eigenvalue weighted by Gasteiger charge is -2.20. The third-order valence-corrected chi connectivity index (χ3v) is 3.67. The van der Waals surface area contributed by atoms with E-state index in [0.29, 0.717) is 19.0 Å². The van der Waals surface area contributed by atoms with Gasteiger partial charge in [0.05, 0.1) is 0 Å². The van der Waals surface area contributed by atoms with Crippen LogP contribution in [0.5, 0.6) is 0 Å². The van der Waals surface area contributed by atoms with Crippen LogP contribution in [-0.4, -0.2) is 36.0 Å². The number of hydrogen-bond donors (Lipinski definition) is 2. The molecule has 1 fully saturated rings. The second-order valence-electron chi connectivity index (χ2n) is 5.30. The highest BCUT2D eigenvalue weighted by Crippen LogP contribution is 2.20. The van der Waals surface area contributed by atoms with E-state index >= 15 is 0 Å². The third-order valence-electron chi connectivity index (χ3n) is 3.67. The molecule has 0 spiro atoms. The number of rotatable bonds is 5. The average Bonchev–Trinajstić information content (AvgIpc) is 2.71. The van der Waals surface area contributed by atoms with E-state index < -0.39 is 0 Å². The summed E-state index contributed by atoms with van der Waals surface area (Å²) in [5, 5.41) is 3.07. The van der Waals surface area contributed by atoms with Crippen LogP contribution in [-0.2, 0) is 11.3 Å². The summed E-state index contributed by atoms with van der Waals surface area (Å²) < 4.78 is 0. The fraction of sp³-hybridized carbons (Fsp3) is 0.533. The molecule has 2 rings (SSSR count). The third kappa shape index (κ3) is 4.04. The molecule has 19 heavy (non-hydrogen) atoms. The Hall–Kier alpha value is -1.39. The maximum atomic E-state index is 11.6.